The third-order valence-corrected chi connectivity index (χ3v) is 4.38. The minimum Gasteiger partial charge on any atom is -0.352 e. The topological polar surface area (TPSA) is 56.1 Å². The molecule has 0 aliphatic carbocycles. The molecule has 1 aromatic carbocycles. The molecular weight excluding hydrogens is 274 g/mol. The molecule has 1 N–H and O–H groups in total. The van der Waals surface area contributed by atoms with Gasteiger partial charge in [-0.05, 0) is 37.9 Å². The van der Waals surface area contributed by atoms with Crippen LogP contribution in [0.1, 0.15) is 38.2 Å². The molecule has 1 heterocycles. The van der Waals surface area contributed by atoms with Crippen LogP contribution in [0.4, 0.5) is 0 Å². The van der Waals surface area contributed by atoms with Gasteiger partial charge in [-0.15, -0.1) is 0 Å². The number of amides is 1. The van der Waals surface area contributed by atoms with Gasteiger partial charge >= 0.3 is 0 Å². The Morgan fingerprint density at radius 2 is 2.05 bits per heavy atom. The van der Waals surface area contributed by atoms with Crippen LogP contribution in [0.5, 0.6) is 0 Å². The van der Waals surface area contributed by atoms with E-state index in [1.165, 1.54) is 5.56 Å². The Balaban J connectivity index is 1.77. The van der Waals surface area contributed by atoms with Crippen LogP contribution in [0.25, 0.3) is 0 Å². The molecule has 1 atom stereocenters. The fourth-order valence-corrected chi connectivity index (χ4v) is 2.92. The molecule has 0 radical (unpaired) electrons. The Morgan fingerprint density at radius 1 is 1.36 bits per heavy atom. The number of carbonyl (C=O) groups excluding carboxylic acids is 1. The maximum atomic E-state index is 12.3. The van der Waals surface area contributed by atoms with Gasteiger partial charge in [0.2, 0.25) is 5.91 Å². The van der Waals surface area contributed by atoms with Crippen molar-refractivity contribution in [2.45, 2.75) is 45.2 Å². The lowest BCUT2D eigenvalue weighted by atomic mass is 9.95. The van der Waals surface area contributed by atoms with Crippen LogP contribution in [0, 0.1) is 17.2 Å². The SMILES string of the molecule is CCC(CC#N)NC(=O)C1CCN(Cc2ccccc2)CC1. The first-order valence-corrected chi connectivity index (χ1v) is 8.16. The summed E-state index contributed by atoms with van der Waals surface area (Å²) in [6.45, 7) is 4.88. The predicted molar refractivity (Wildman–Crippen MR) is 86.9 cm³/mol. The van der Waals surface area contributed by atoms with E-state index >= 15 is 0 Å². The second-order valence-electron chi connectivity index (χ2n) is 6.01. The van der Waals surface area contributed by atoms with E-state index in [-0.39, 0.29) is 17.9 Å². The number of nitriles is 1. The molecule has 4 heteroatoms. The molecule has 1 aliphatic rings. The summed E-state index contributed by atoms with van der Waals surface area (Å²) < 4.78 is 0. The van der Waals surface area contributed by atoms with Gasteiger partial charge in [0, 0.05) is 18.5 Å². The molecule has 1 aromatic rings. The normalized spacial score (nSPS) is 17.6. The number of carbonyl (C=O) groups is 1. The lowest BCUT2D eigenvalue weighted by Crippen LogP contribution is -2.43. The van der Waals surface area contributed by atoms with E-state index in [9.17, 15) is 4.79 Å². The Morgan fingerprint density at radius 3 is 2.64 bits per heavy atom. The van der Waals surface area contributed by atoms with Gasteiger partial charge in [-0.1, -0.05) is 37.3 Å². The minimum atomic E-state index is -0.000140. The number of hydrogen-bond acceptors (Lipinski definition) is 3. The van der Waals surface area contributed by atoms with Crippen LogP contribution < -0.4 is 5.32 Å². The summed E-state index contributed by atoms with van der Waals surface area (Å²) in [5, 5.41) is 11.8. The van der Waals surface area contributed by atoms with E-state index in [1.54, 1.807) is 0 Å². The van der Waals surface area contributed by atoms with E-state index in [4.69, 9.17) is 5.26 Å². The van der Waals surface area contributed by atoms with Gasteiger partial charge < -0.3 is 5.32 Å². The number of likely N-dealkylation sites (tertiary alicyclic amines) is 1. The molecule has 4 nitrogen and oxygen atoms in total. The molecule has 0 aromatic heterocycles. The number of nitrogens with zero attached hydrogens (tertiary/aromatic N) is 2. The van der Waals surface area contributed by atoms with Crippen molar-refractivity contribution in [3.05, 3.63) is 35.9 Å². The highest BCUT2D eigenvalue weighted by molar-refractivity contribution is 5.79. The van der Waals surface area contributed by atoms with Crippen LogP contribution in [0.15, 0.2) is 30.3 Å². The molecule has 1 fully saturated rings. The summed E-state index contributed by atoms with van der Waals surface area (Å²) in [5.41, 5.74) is 1.32. The minimum absolute atomic E-state index is 0.000140. The van der Waals surface area contributed by atoms with Gasteiger partial charge in [0.15, 0.2) is 0 Å². The highest BCUT2D eigenvalue weighted by Gasteiger charge is 2.26. The molecule has 118 valence electrons. The second-order valence-corrected chi connectivity index (χ2v) is 6.01. The van der Waals surface area contributed by atoms with E-state index in [2.05, 4.69) is 40.6 Å². The first kappa shape index (κ1) is 16.5. The smallest absolute Gasteiger partial charge is 0.223 e. The highest BCUT2D eigenvalue weighted by atomic mass is 16.1. The molecule has 1 saturated heterocycles. The zero-order chi connectivity index (χ0) is 15.8. The number of piperidine rings is 1. The number of hydrogen-bond donors (Lipinski definition) is 1. The number of benzene rings is 1. The van der Waals surface area contributed by atoms with E-state index in [0.29, 0.717) is 6.42 Å². The average molecular weight is 299 g/mol. The van der Waals surface area contributed by atoms with Crippen LogP contribution in [-0.2, 0) is 11.3 Å². The summed E-state index contributed by atoms with van der Waals surface area (Å²) in [5.74, 6) is 0.223. The molecule has 1 unspecified atom stereocenters. The molecule has 22 heavy (non-hydrogen) atoms. The standard InChI is InChI=1S/C18H25N3O/c1-2-17(8-11-19)20-18(22)16-9-12-21(13-10-16)14-15-6-4-3-5-7-15/h3-7,16-17H,2,8-10,12-14H2,1H3,(H,20,22). The fraction of sp³-hybridized carbons (Fsp3) is 0.556. The van der Waals surface area contributed by atoms with E-state index in [0.717, 1.165) is 38.9 Å². The fourth-order valence-electron chi connectivity index (χ4n) is 2.92. The predicted octanol–water partition coefficient (Wildman–Crippen LogP) is 2.71. The zero-order valence-corrected chi connectivity index (χ0v) is 13.3. The van der Waals surface area contributed by atoms with E-state index < -0.39 is 0 Å². The summed E-state index contributed by atoms with van der Waals surface area (Å²) in [6, 6.07) is 12.6. The first-order chi connectivity index (χ1) is 10.7. The van der Waals surface area contributed by atoms with Crippen molar-refractivity contribution < 1.29 is 4.79 Å². The molecule has 1 amide bonds. The lowest BCUT2D eigenvalue weighted by Gasteiger charge is -2.32. The summed E-state index contributed by atoms with van der Waals surface area (Å²) in [4.78, 5) is 14.7. The van der Waals surface area contributed by atoms with Crippen molar-refractivity contribution in [3.8, 4) is 6.07 Å². The second kappa shape index (κ2) is 8.55. The summed E-state index contributed by atoms with van der Waals surface area (Å²) in [6.07, 6.45) is 3.02. The molecule has 0 spiro atoms. The third kappa shape index (κ3) is 4.85. The van der Waals surface area contributed by atoms with Gasteiger partial charge in [0.25, 0.3) is 0 Å². The van der Waals surface area contributed by atoms with Crippen molar-refractivity contribution in [3.63, 3.8) is 0 Å². The quantitative estimate of drug-likeness (QED) is 0.878. The Labute approximate surface area is 133 Å². The van der Waals surface area contributed by atoms with Crippen molar-refractivity contribution >= 4 is 5.91 Å². The Hall–Kier alpha value is -1.86. The molecule has 0 bridgehead atoms. The van der Waals surface area contributed by atoms with Gasteiger partial charge in [0.1, 0.15) is 0 Å². The number of rotatable bonds is 6. The van der Waals surface area contributed by atoms with Crippen LogP contribution in [0.2, 0.25) is 0 Å². The molecule has 0 saturated carbocycles. The van der Waals surface area contributed by atoms with Crippen LogP contribution >= 0.6 is 0 Å². The maximum Gasteiger partial charge on any atom is 0.223 e. The van der Waals surface area contributed by atoms with Crippen LogP contribution in [-0.4, -0.2) is 29.9 Å². The van der Waals surface area contributed by atoms with Crippen LogP contribution in [0.3, 0.4) is 0 Å². The van der Waals surface area contributed by atoms with Crippen molar-refractivity contribution in [2.24, 2.45) is 5.92 Å². The van der Waals surface area contributed by atoms with Gasteiger partial charge in [-0.25, -0.2) is 0 Å². The first-order valence-electron chi connectivity index (χ1n) is 8.16. The highest BCUT2D eigenvalue weighted by Crippen LogP contribution is 2.19. The van der Waals surface area contributed by atoms with Crippen molar-refractivity contribution in [2.75, 3.05) is 13.1 Å². The number of nitrogens with one attached hydrogen (secondary N) is 1. The molecule has 1 aliphatic heterocycles. The average Bonchev–Trinajstić information content (AvgIpc) is 2.56. The summed E-state index contributed by atoms with van der Waals surface area (Å²) in [7, 11) is 0. The molecule has 2 rings (SSSR count). The van der Waals surface area contributed by atoms with Crippen molar-refractivity contribution in [1.29, 1.82) is 5.26 Å². The lowest BCUT2D eigenvalue weighted by molar-refractivity contribution is -0.127. The third-order valence-electron chi connectivity index (χ3n) is 4.38. The maximum absolute atomic E-state index is 12.3. The van der Waals surface area contributed by atoms with Gasteiger partial charge in [0.05, 0.1) is 12.5 Å². The Bertz CT molecular complexity index is 501. The van der Waals surface area contributed by atoms with Gasteiger partial charge in [-0.3, -0.25) is 9.69 Å². The van der Waals surface area contributed by atoms with Gasteiger partial charge in [-0.2, -0.15) is 5.26 Å². The summed E-state index contributed by atoms with van der Waals surface area (Å²) >= 11 is 0. The Kier molecular flexibility index (Phi) is 6.42. The van der Waals surface area contributed by atoms with Crippen molar-refractivity contribution in [1.82, 2.24) is 10.2 Å². The molecular formula is C18H25N3O. The van der Waals surface area contributed by atoms with E-state index in [1.807, 2.05) is 13.0 Å². The zero-order valence-electron chi connectivity index (χ0n) is 13.3. The monoisotopic (exact) mass is 299 g/mol. The largest absolute Gasteiger partial charge is 0.352 e.